The van der Waals surface area contributed by atoms with E-state index in [2.05, 4.69) is 20.3 Å². The minimum Gasteiger partial charge on any atom is -0.396 e. The second-order valence-corrected chi connectivity index (χ2v) is 9.58. The van der Waals surface area contributed by atoms with Gasteiger partial charge in [0.15, 0.2) is 5.65 Å². The molecule has 6 rings (SSSR count). The van der Waals surface area contributed by atoms with E-state index in [0.29, 0.717) is 23.0 Å². The molecule has 0 radical (unpaired) electrons. The van der Waals surface area contributed by atoms with E-state index in [1.807, 2.05) is 12.3 Å². The number of carbonyl (C=O) groups excluding carboxylic acids is 1. The lowest BCUT2D eigenvalue weighted by atomic mass is 9.85. The van der Waals surface area contributed by atoms with Gasteiger partial charge in [-0.1, -0.05) is 0 Å². The SMILES string of the molecule is O=C(NC1C2CCC(C2)C1CO)c1cnn2ccc(N3CCCC3c3cncc(F)c3)nc12. The molecule has 1 amide bonds. The minimum atomic E-state index is -0.348. The summed E-state index contributed by atoms with van der Waals surface area (Å²) in [7, 11) is 0. The highest BCUT2D eigenvalue weighted by molar-refractivity contribution is 6.00. The van der Waals surface area contributed by atoms with Gasteiger partial charge in [-0.3, -0.25) is 9.78 Å². The van der Waals surface area contributed by atoms with E-state index in [9.17, 15) is 14.3 Å². The van der Waals surface area contributed by atoms with Crippen molar-refractivity contribution < 1.29 is 14.3 Å². The van der Waals surface area contributed by atoms with Crippen LogP contribution in [0.25, 0.3) is 5.65 Å². The van der Waals surface area contributed by atoms with E-state index in [4.69, 9.17) is 4.98 Å². The van der Waals surface area contributed by atoms with Crippen LogP contribution in [-0.4, -0.2) is 49.8 Å². The molecule has 3 aromatic heterocycles. The predicted molar refractivity (Wildman–Crippen MR) is 119 cm³/mol. The van der Waals surface area contributed by atoms with Crippen LogP contribution in [-0.2, 0) is 0 Å². The molecule has 2 aliphatic carbocycles. The van der Waals surface area contributed by atoms with Crippen molar-refractivity contribution in [2.75, 3.05) is 18.1 Å². The number of aliphatic hydroxyl groups excluding tert-OH is 1. The van der Waals surface area contributed by atoms with Gasteiger partial charge in [-0.05, 0) is 61.6 Å². The van der Waals surface area contributed by atoms with Crippen molar-refractivity contribution in [3.05, 3.63) is 53.9 Å². The third kappa shape index (κ3) is 3.45. The standard InChI is InChI=1S/C24H27FN6O2/c25-17-9-16(10-26-11-17)20-2-1-6-30(20)21-5-7-31-23(28-21)18(12-27-31)24(33)29-22-15-4-3-14(8-15)19(22)13-32/h5,7,9-12,14-15,19-20,22,32H,1-4,6,8,13H2,(H,29,33). The molecule has 0 aromatic carbocycles. The molecule has 2 saturated carbocycles. The highest BCUT2D eigenvalue weighted by Crippen LogP contribution is 2.48. The van der Waals surface area contributed by atoms with Gasteiger partial charge in [0.25, 0.3) is 5.91 Å². The van der Waals surface area contributed by atoms with Crippen LogP contribution in [0.4, 0.5) is 10.2 Å². The number of rotatable bonds is 5. The molecule has 172 valence electrons. The summed E-state index contributed by atoms with van der Waals surface area (Å²) in [4.78, 5) is 24.2. The topological polar surface area (TPSA) is 95.6 Å². The Morgan fingerprint density at radius 3 is 2.94 bits per heavy atom. The van der Waals surface area contributed by atoms with Crippen LogP contribution < -0.4 is 10.2 Å². The number of amides is 1. The third-order valence-electron chi connectivity index (χ3n) is 7.85. The Balaban J connectivity index is 1.28. The van der Waals surface area contributed by atoms with Crippen molar-refractivity contribution in [3.8, 4) is 0 Å². The van der Waals surface area contributed by atoms with Crippen LogP contribution in [0.3, 0.4) is 0 Å². The number of fused-ring (bicyclic) bond motifs is 3. The van der Waals surface area contributed by atoms with Crippen molar-refractivity contribution in [2.45, 2.75) is 44.2 Å². The summed E-state index contributed by atoms with van der Waals surface area (Å²) >= 11 is 0. The second-order valence-electron chi connectivity index (χ2n) is 9.58. The normalized spacial score (nSPS) is 28.7. The molecular formula is C24H27FN6O2. The molecule has 1 saturated heterocycles. The first-order chi connectivity index (χ1) is 16.1. The maximum atomic E-state index is 13.8. The number of halogens is 1. The van der Waals surface area contributed by atoms with Crippen LogP contribution >= 0.6 is 0 Å². The molecule has 3 aliphatic rings. The Morgan fingerprint density at radius 2 is 2.09 bits per heavy atom. The lowest BCUT2D eigenvalue weighted by molar-refractivity contribution is 0.0863. The van der Waals surface area contributed by atoms with E-state index in [0.717, 1.165) is 50.0 Å². The van der Waals surface area contributed by atoms with Gasteiger partial charge >= 0.3 is 0 Å². The maximum Gasteiger partial charge on any atom is 0.257 e. The molecule has 4 heterocycles. The molecule has 0 spiro atoms. The molecule has 5 atom stereocenters. The van der Waals surface area contributed by atoms with Crippen molar-refractivity contribution in [2.24, 2.45) is 17.8 Å². The Labute approximate surface area is 190 Å². The van der Waals surface area contributed by atoms with E-state index in [-0.39, 0.29) is 36.3 Å². The van der Waals surface area contributed by atoms with Gasteiger partial charge in [0, 0.05) is 37.5 Å². The fourth-order valence-corrected chi connectivity index (χ4v) is 6.30. The van der Waals surface area contributed by atoms with Crippen LogP contribution in [0.15, 0.2) is 36.9 Å². The number of pyridine rings is 1. The van der Waals surface area contributed by atoms with Gasteiger partial charge in [-0.25, -0.2) is 13.9 Å². The zero-order valence-electron chi connectivity index (χ0n) is 18.3. The molecule has 2 bridgehead atoms. The Kier molecular flexibility index (Phi) is 5.01. The summed E-state index contributed by atoms with van der Waals surface area (Å²) in [5.74, 6) is 1.26. The van der Waals surface area contributed by atoms with Crippen molar-refractivity contribution >= 4 is 17.4 Å². The van der Waals surface area contributed by atoms with Gasteiger partial charge in [0.1, 0.15) is 17.2 Å². The number of anilines is 1. The third-order valence-corrected chi connectivity index (χ3v) is 7.85. The molecule has 3 aromatic rings. The maximum absolute atomic E-state index is 13.8. The molecule has 8 nitrogen and oxygen atoms in total. The van der Waals surface area contributed by atoms with Gasteiger partial charge in [0.2, 0.25) is 0 Å². The predicted octanol–water partition coefficient (Wildman–Crippen LogP) is 2.74. The zero-order chi connectivity index (χ0) is 22.5. The molecule has 33 heavy (non-hydrogen) atoms. The molecular weight excluding hydrogens is 423 g/mol. The number of hydrogen-bond acceptors (Lipinski definition) is 6. The summed E-state index contributed by atoms with van der Waals surface area (Å²) in [6.07, 6.45) is 11.5. The number of aliphatic hydroxyl groups is 1. The molecule has 2 N–H and O–H groups in total. The molecule has 1 aliphatic heterocycles. The average molecular weight is 451 g/mol. The largest absolute Gasteiger partial charge is 0.396 e. The van der Waals surface area contributed by atoms with Crippen molar-refractivity contribution in [3.63, 3.8) is 0 Å². The van der Waals surface area contributed by atoms with E-state index >= 15 is 0 Å². The summed E-state index contributed by atoms with van der Waals surface area (Å²) in [5.41, 5.74) is 1.75. The number of carbonyl (C=O) groups is 1. The summed E-state index contributed by atoms with van der Waals surface area (Å²) in [5, 5.41) is 17.4. The zero-order valence-corrected chi connectivity index (χ0v) is 18.3. The summed E-state index contributed by atoms with van der Waals surface area (Å²) in [6, 6.07) is 3.40. The number of hydrogen-bond donors (Lipinski definition) is 2. The number of nitrogens with zero attached hydrogens (tertiary/aromatic N) is 5. The van der Waals surface area contributed by atoms with Gasteiger partial charge in [-0.2, -0.15) is 5.10 Å². The lowest BCUT2D eigenvalue weighted by Crippen LogP contribution is -2.45. The molecule has 9 heteroatoms. The first-order valence-corrected chi connectivity index (χ1v) is 11.8. The molecule has 3 fully saturated rings. The van der Waals surface area contributed by atoms with Gasteiger partial charge < -0.3 is 15.3 Å². The lowest BCUT2D eigenvalue weighted by Gasteiger charge is -2.30. The second kappa shape index (κ2) is 8.06. The monoisotopic (exact) mass is 450 g/mol. The van der Waals surface area contributed by atoms with Crippen LogP contribution in [0.5, 0.6) is 0 Å². The first-order valence-electron chi connectivity index (χ1n) is 11.8. The summed E-state index contributed by atoms with van der Waals surface area (Å²) < 4.78 is 15.4. The van der Waals surface area contributed by atoms with E-state index < -0.39 is 0 Å². The van der Waals surface area contributed by atoms with Crippen molar-refractivity contribution in [1.82, 2.24) is 24.9 Å². The Hall–Kier alpha value is -3.07. The van der Waals surface area contributed by atoms with Crippen LogP contribution in [0, 0.1) is 23.6 Å². The van der Waals surface area contributed by atoms with E-state index in [1.165, 1.54) is 12.3 Å². The highest BCUT2D eigenvalue weighted by atomic mass is 19.1. The fourth-order valence-electron chi connectivity index (χ4n) is 6.30. The number of nitrogens with one attached hydrogen (secondary N) is 1. The van der Waals surface area contributed by atoms with Gasteiger partial charge in [0.05, 0.1) is 18.4 Å². The van der Waals surface area contributed by atoms with E-state index in [1.54, 1.807) is 16.9 Å². The average Bonchev–Trinajstić information content (AvgIpc) is 3.61. The van der Waals surface area contributed by atoms with Crippen LogP contribution in [0.1, 0.15) is 54.1 Å². The number of aromatic nitrogens is 4. The first kappa shape index (κ1) is 20.5. The van der Waals surface area contributed by atoms with Crippen molar-refractivity contribution in [1.29, 1.82) is 0 Å². The Bertz CT molecular complexity index is 1200. The quantitative estimate of drug-likeness (QED) is 0.621. The minimum absolute atomic E-state index is 0.00261. The smallest absolute Gasteiger partial charge is 0.257 e. The van der Waals surface area contributed by atoms with Crippen LogP contribution in [0.2, 0.25) is 0 Å². The molecule has 5 unspecified atom stereocenters. The Morgan fingerprint density at radius 1 is 1.21 bits per heavy atom. The highest BCUT2D eigenvalue weighted by Gasteiger charge is 2.47. The fraction of sp³-hybridized carbons (Fsp3) is 0.500. The summed E-state index contributed by atoms with van der Waals surface area (Å²) in [6.45, 7) is 0.901. The van der Waals surface area contributed by atoms with Gasteiger partial charge in [-0.15, -0.1) is 0 Å².